The van der Waals surface area contributed by atoms with Gasteiger partial charge in [-0.05, 0) is 0 Å². The third-order valence-corrected chi connectivity index (χ3v) is 3.90. The van der Waals surface area contributed by atoms with Crippen molar-refractivity contribution in [2.24, 2.45) is 0 Å². The third kappa shape index (κ3) is 13.6. The van der Waals surface area contributed by atoms with Crippen LogP contribution in [0.4, 0.5) is 0 Å². The van der Waals surface area contributed by atoms with Gasteiger partial charge in [0.15, 0.2) is 0 Å². The zero-order valence-electron chi connectivity index (χ0n) is 14.7. The summed E-state index contributed by atoms with van der Waals surface area (Å²) in [7, 11) is 1.58. The zero-order chi connectivity index (χ0) is 24.0. The van der Waals surface area contributed by atoms with Gasteiger partial charge in [-0.25, -0.2) is 0 Å². The summed E-state index contributed by atoms with van der Waals surface area (Å²) < 4.78 is 41.7. The molecule has 1 aliphatic carbocycles. The van der Waals surface area contributed by atoms with Gasteiger partial charge in [0, 0.05) is 0 Å². The minimum atomic E-state index is -1.63. The predicted octanol–water partition coefficient (Wildman–Crippen LogP) is 3.35. The van der Waals surface area contributed by atoms with Crippen LogP contribution in [0.15, 0.2) is 12.3 Å². The van der Waals surface area contributed by atoms with Crippen molar-refractivity contribution in [3.05, 3.63) is 62.6 Å². The Kier molecular flexibility index (Phi) is 28.0. The quantitative estimate of drug-likeness (QED) is 0.360. The van der Waals surface area contributed by atoms with E-state index in [1.54, 1.807) is 13.3 Å². The molecule has 0 aliphatic heterocycles. The third-order valence-electron chi connectivity index (χ3n) is 2.79. The van der Waals surface area contributed by atoms with E-state index < -0.39 is 3.79 Å². The number of hydrogen-bond donors (Lipinski definition) is 0. The molecule has 0 fully saturated rings. The molecule has 0 spiro atoms. The van der Waals surface area contributed by atoms with Gasteiger partial charge in [-0.2, -0.15) is 0 Å². The van der Waals surface area contributed by atoms with Gasteiger partial charge in [0.1, 0.15) is 0 Å². The Morgan fingerprint density at radius 1 is 1.03 bits per heavy atom. The summed E-state index contributed by atoms with van der Waals surface area (Å²) >= 11 is 20.4. The van der Waals surface area contributed by atoms with E-state index in [0.29, 0.717) is 4.57 Å². The molecule has 0 N–H and O–H groups in total. The first-order valence-electron chi connectivity index (χ1n) is 6.67. The van der Waals surface area contributed by atoms with Crippen LogP contribution in [0.1, 0.15) is 36.3 Å². The molecule has 0 aromatic carbocycles. The fourth-order valence-electron chi connectivity index (χ4n) is 1.91. The molecule has 1 heterocycles. The van der Waals surface area contributed by atoms with Crippen molar-refractivity contribution in [2.45, 2.75) is 23.1 Å². The SMILES string of the molecule is CO[C](=[Cr])c1cnc(C(Cl)(Cl)Cl)nc1C1=CCCC1.[C-]#[O+].[C-]#[O+].[C-]#[O+].[C-]#[O+].[C-]#[O+]. The maximum atomic E-state index is 7.50. The van der Waals surface area contributed by atoms with Crippen molar-refractivity contribution >= 4 is 44.9 Å². The van der Waals surface area contributed by atoms with Gasteiger partial charge in [0.05, 0.1) is 0 Å². The first-order chi connectivity index (χ1) is 13.9. The summed E-state index contributed by atoms with van der Waals surface area (Å²) in [6, 6.07) is 0. The van der Waals surface area contributed by atoms with E-state index in [1.807, 2.05) is 0 Å². The summed E-state index contributed by atoms with van der Waals surface area (Å²) in [6.45, 7) is 22.5. The fourth-order valence-corrected chi connectivity index (χ4v) is 2.41. The first kappa shape index (κ1) is 35.2. The van der Waals surface area contributed by atoms with Crippen LogP contribution in [-0.2, 0) is 47.6 Å². The molecule has 0 saturated carbocycles. The summed E-state index contributed by atoms with van der Waals surface area (Å²) in [5, 5.41) is 0. The number of alkyl halides is 3. The van der Waals surface area contributed by atoms with Gasteiger partial charge in [0.25, 0.3) is 0 Å². The second-order valence-corrected chi connectivity index (χ2v) is 6.93. The molecule has 8 nitrogen and oxygen atoms in total. The summed E-state index contributed by atoms with van der Waals surface area (Å²) in [4.78, 5) is 8.49. The Balaban J connectivity index is -0.000000273. The van der Waals surface area contributed by atoms with Crippen LogP contribution in [0.2, 0.25) is 0 Å². The number of allylic oxidation sites excluding steroid dienone is 2. The second-order valence-electron chi connectivity index (χ2n) is 4.07. The van der Waals surface area contributed by atoms with E-state index >= 15 is 0 Å². The first-order valence-corrected chi connectivity index (χ1v) is 8.44. The standard InChI is InChI=1S/C12H11Cl3N2O.5CO.Cr/c1-18-7-9-6-16-11(12(13,14)15)17-10(9)8-4-2-3-5-8;5*1-2;/h4,6H,2-3,5H2,1H3;;;;;;. The van der Waals surface area contributed by atoms with Gasteiger partial charge in [0.2, 0.25) is 0 Å². The van der Waals surface area contributed by atoms with Crippen LogP contribution in [-0.4, -0.2) is 21.6 Å². The van der Waals surface area contributed by atoms with Crippen molar-refractivity contribution in [1.82, 2.24) is 9.97 Å². The summed E-state index contributed by atoms with van der Waals surface area (Å²) in [6.07, 6.45) is 6.88. The van der Waals surface area contributed by atoms with Crippen molar-refractivity contribution in [1.29, 1.82) is 0 Å². The normalized spacial score (nSPS) is 10.5. The van der Waals surface area contributed by atoms with E-state index in [2.05, 4.69) is 65.1 Å². The number of rotatable bonds is 3. The predicted molar refractivity (Wildman–Crippen MR) is 93.9 cm³/mol. The van der Waals surface area contributed by atoms with Gasteiger partial charge in [-0.3, -0.25) is 0 Å². The van der Waals surface area contributed by atoms with Crippen LogP contribution >= 0.6 is 34.8 Å². The average molecular weight is 498 g/mol. The van der Waals surface area contributed by atoms with E-state index in [-0.39, 0.29) is 5.82 Å². The number of nitrogens with zero attached hydrogens (tertiary/aromatic N) is 2. The molecule has 1 aliphatic rings. The van der Waals surface area contributed by atoms with E-state index in [1.165, 1.54) is 0 Å². The van der Waals surface area contributed by atoms with E-state index in [9.17, 15) is 0 Å². The number of methoxy groups -OCH3 is 1. The Morgan fingerprint density at radius 2 is 1.52 bits per heavy atom. The maximum absolute atomic E-state index is 7.50. The van der Waals surface area contributed by atoms with Crippen LogP contribution in [0, 0.1) is 33.3 Å². The van der Waals surface area contributed by atoms with Gasteiger partial charge >= 0.3 is 192 Å². The van der Waals surface area contributed by atoms with Crippen LogP contribution in [0.3, 0.4) is 0 Å². The molecule has 0 atom stereocenters. The molecule has 0 saturated heterocycles. The van der Waals surface area contributed by atoms with Crippen molar-refractivity contribution in [3.8, 4) is 0 Å². The minimum absolute atomic E-state index is 0.174. The fraction of sp³-hybridized carbons (Fsp3) is 0.294. The monoisotopic (exact) mass is 496 g/mol. The van der Waals surface area contributed by atoms with Gasteiger partial charge in [-0.1, -0.05) is 0 Å². The Morgan fingerprint density at radius 3 is 1.86 bits per heavy atom. The molecular weight excluding hydrogens is 487 g/mol. The van der Waals surface area contributed by atoms with Crippen molar-refractivity contribution in [2.75, 3.05) is 7.11 Å². The van der Waals surface area contributed by atoms with Crippen molar-refractivity contribution in [3.63, 3.8) is 0 Å². The molecule has 152 valence electrons. The number of hydrogen-bond acceptors (Lipinski definition) is 3. The molecule has 0 bridgehead atoms. The summed E-state index contributed by atoms with van der Waals surface area (Å²) in [5.74, 6) is 0.174. The molecule has 12 heteroatoms. The van der Waals surface area contributed by atoms with Crippen LogP contribution < -0.4 is 0 Å². The summed E-state index contributed by atoms with van der Waals surface area (Å²) in [5.41, 5.74) is 2.69. The Bertz CT molecular complexity index is 717. The molecule has 0 unspecified atom stereocenters. The molecule has 0 radical (unpaired) electrons. The molecular formula is C17H11Cl3CrN2O6. The van der Waals surface area contributed by atoms with Gasteiger partial charge in [-0.15, -0.1) is 0 Å². The number of aromatic nitrogens is 2. The number of halogens is 3. The second kappa shape index (κ2) is 23.0. The number of ether oxygens (including phenoxy) is 1. The Hall–Kier alpha value is -1.25. The molecule has 0 amide bonds. The van der Waals surface area contributed by atoms with Crippen molar-refractivity contribution < 1.29 is 43.8 Å². The van der Waals surface area contributed by atoms with E-state index in [0.717, 1.165) is 36.1 Å². The average Bonchev–Trinajstić information content (AvgIpc) is 3.34. The molecule has 2 rings (SSSR count). The zero-order valence-corrected chi connectivity index (χ0v) is 18.2. The van der Waals surface area contributed by atoms with Crippen LogP contribution in [0.25, 0.3) is 5.57 Å². The van der Waals surface area contributed by atoms with Crippen LogP contribution in [0.5, 0.6) is 0 Å². The Labute approximate surface area is 191 Å². The molecule has 1 aromatic rings. The molecule has 1 aromatic heterocycles. The topological polar surface area (TPSA) is 135 Å². The van der Waals surface area contributed by atoms with Gasteiger partial charge < -0.3 is 0 Å². The molecule has 29 heavy (non-hydrogen) atoms. The van der Waals surface area contributed by atoms with E-state index in [4.69, 9.17) is 62.8 Å².